The van der Waals surface area contributed by atoms with Gasteiger partial charge in [0.1, 0.15) is 17.7 Å². The highest BCUT2D eigenvalue weighted by atomic mass is 32.1. The van der Waals surface area contributed by atoms with Crippen LogP contribution in [-0.2, 0) is 23.9 Å². The molecule has 0 aliphatic carbocycles. The van der Waals surface area contributed by atoms with Gasteiger partial charge in [0.25, 0.3) is 0 Å². The number of esters is 1. The molecule has 10 heteroatoms. The lowest BCUT2D eigenvalue weighted by molar-refractivity contribution is -0.144. The highest BCUT2D eigenvalue weighted by Crippen LogP contribution is 2.24. The third kappa shape index (κ3) is 13.8. The van der Waals surface area contributed by atoms with Crippen molar-refractivity contribution in [3.8, 4) is 12.3 Å². The zero-order chi connectivity index (χ0) is 30.8. The number of benzene rings is 1. The number of ether oxygens (including phenoxy) is 2. The molecule has 2 atom stereocenters. The molecule has 2 N–H and O–H groups in total. The first-order valence-electron chi connectivity index (χ1n) is 14.4. The quantitative estimate of drug-likeness (QED) is 0.104. The standard InChI is InChI=1S/C31H47N3O6S/c1-7-10-11-12-13-14-21-34(29(37)25(22-41)33-30(38)40-31(4,5)6)27(24-17-15-23(8-2)16-18-24)28(36)32-20-19-26(35)39-9-3/h2,15-18,25,27,41H,7,9-14,19-22H2,1,3-6H3,(H,32,36)(H,33,38). The molecule has 0 saturated heterocycles. The van der Waals surface area contributed by atoms with Crippen molar-refractivity contribution in [3.63, 3.8) is 0 Å². The molecular formula is C31H47N3O6S. The second-order valence-electron chi connectivity index (χ2n) is 10.7. The third-order valence-corrected chi connectivity index (χ3v) is 6.46. The molecule has 3 amide bonds. The summed E-state index contributed by atoms with van der Waals surface area (Å²) < 4.78 is 10.3. The summed E-state index contributed by atoms with van der Waals surface area (Å²) in [6, 6.07) is 4.77. The van der Waals surface area contributed by atoms with Crippen LogP contribution in [0.25, 0.3) is 0 Å². The van der Waals surface area contributed by atoms with Gasteiger partial charge in [0.05, 0.1) is 13.0 Å². The number of rotatable bonds is 17. The van der Waals surface area contributed by atoms with Crippen LogP contribution < -0.4 is 10.6 Å². The van der Waals surface area contributed by atoms with Gasteiger partial charge >= 0.3 is 12.1 Å². The fourth-order valence-corrected chi connectivity index (χ4v) is 4.36. The van der Waals surface area contributed by atoms with Crippen LogP contribution in [-0.4, -0.2) is 65.9 Å². The number of nitrogens with one attached hydrogen (secondary N) is 2. The largest absolute Gasteiger partial charge is 0.466 e. The first-order chi connectivity index (χ1) is 19.5. The van der Waals surface area contributed by atoms with Gasteiger partial charge in [0.2, 0.25) is 11.8 Å². The summed E-state index contributed by atoms with van der Waals surface area (Å²) in [7, 11) is 0. The van der Waals surface area contributed by atoms with E-state index in [1.54, 1.807) is 52.0 Å². The summed E-state index contributed by atoms with van der Waals surface area (Å²) in [5, 5.41) is 5.39. The van der Waals surface area contributed by atoms with Gasteiger partial charge in [0.15, 0.2) is 0 Å². The second-order valence-corrected chi connectivity index (χ2v) is 11.1. The van der Waals surface area contributed by atoms with Crippen LogP contribution in [0, 0.1) is 12.3 Å². The number of carbonyl (C=O) groups excluding carboxylic acids is 4. The van der Waals surface area contributed by atoms with Crippen molar-refractivity contribution in [2.75, 3.05) is 25.4 Å². The van der Waals surface area contributed by atoms with Crippen LogP contribution in [0.15, 0.2) is 24.3 Å². The molecule has 2 unspecified atom stereocenters. The molecule has 1 rings (SSSR count). The van der Waals surface area contributed by atoms with E-state index in [1.165, 1.54) is 4.90 Å². The maximum Gasteiger partial charge on any atom is 0.408 e. The van der Waals surface area contributed by atoms with Gasteiger partial charge in [-0.2, -0.15) is 12.6 Å². The normalized spacial score (nSPS) is 12.4. The summed E-state index contributed by atoms with van der Waals surface area (Å²) in [6.07, 6.45) is 10.7. The Morgan fingerprint density at radius 1 is 1.02 bits per heavy atom. The Balaban J connectivity index is 3.34. The van der Waals surface area contributed by atoms with E-state index in [0.29, 0.717) is 17.5 Å². The van der Waals surface area contributed by atoms with Crippen molar-refractivity contribution < 1.29 is 28.7 Å². The van der Waals surface area contributed by atoms with Crippen molar-refractivity contribution in [2.24, 2.45) is 0 Å². The van der Waals surface area contributed by atoms with E-state index < -0.39 is 41.6 Å². The first kappa shape index (κ1) is 35.8. The molecule has 0 heterocycles. The maximum absolute atomic E-state index is 14.0. The summed E-state index contributed by atoms with van der Waals surface area (Å²) in [6.45, 7) is 9.60. The van der Waals surface area contributed by atoms with Gasteiger partial charge in [-0.05, 0) is 51.8 Å². The average Bonchev–Trinajstić information content (AvgIpc) is 2.92. The predicted octanol–water partition coefficient (Wildman–Crippen LogP) is 4.79. The monoisotopic (exact) mass is 589 g/mol. The van der Waals surface area contributed by atoms with Gasteiger partial charge in [0, 0.05) is 24.4 Å². The first-order valence-corrected chi connectivity index (χ1v) is 15.0. The molecule has 0 radical (unpaired) electrons. The fraction of sp³-hybridized carbons (Fsp3) is 0.613. The minimum Gasteiger partial charge on any atom is -0.466 e. The van der Waals surface area contributed by atoms with E-state index in [4.69, 9.17) is 15.9 Å². The Labute approximate surface area is 250 Å². The van der Waals surface area contributed by atoms with Crippen LogP contribution in [0.5, 0.6) is 0 Å². The van der Waals surface area contributed by atoms with Crippen molar-refractivity contribution >= 4 is 36.5 Å². The molecule has 1 aromatic rings. The van der Waals surface area contributed by atoms with Gasteiger partial charge < -0.3 is 25.0 Å². The van der Waals surface area contributed by atoms with E-state index in [0.717, 1.165) is 32.1 Å². The number of terminal acetylenes is 1. The number of nitrogens with zero attached hydrogens (tertiary/aromatic N) is 1. The average molecular weight is 590 g/mol. The van der Waals surface area contributed by atoms with E-state index in [1.807, 2.05) is 0 Å². The smallest absolute Gasteiger partial charge is 0.408 e. The summed E-state index contributed by atoms with van der Waals surface area (Å²) in [4.78, 5) is 53.5. The number of amides is 3. The number of thiol groups is 1. The van der Waals surface area contributed by atoms with E-state index in [-0.39, 0.29) is 31.9 Å². The number of hydrogen-bond acceptors (Lipinski definition) is 7. The number of unbranched alkanes of at least 4 members (excludes halogenated alkanes) is 5. The molecular weight excluding hydrogens is 542 g/mol. The van der Waals surface area contributed by atoms with Crippen molar-refractivity contribution in [1.82, 2.24) is 15.5 Å². The lowest BCUT2D eigenvalue weighted by Gasteiger charge is -2.34. The van der Waals surface area contributed by atoms with Crippen LogP contribution in [0.4, 0.5) is 4.79 Å². The highest BCUT2D eigenvalue weighted by Gasteiger charge is 2.35. The van der Waals surface area contributed by atoms with Gasteiger partial charge in [-0.25, -0.2) is 4.79 Å². The molecule has 0 aromatic heterocycles. The number of hydrogen-bond donors (Lipinski definition) is 3. The molecule has 0 spiro atoms. The van der Waals surface area contributed by atoms with Crippen molar-refractivity contribution in [3.05, 3.63) is 35.4 Å². The lowest BCUT2D eigenvalue weighted by Crippen LogP contribution is -2.54. The lowest BCUT2D eigenvalue weighted by atomic mass is 10.0. The Kier molecular flexibility index (Phi) is 16.6. The predicted molar refractivity (Wildman–Crippen MR) is 163 cm³/mol. The zero-order valence-electron chi connectivity index (χ0n) is 25.2. The molecule has 0 saturated carbocycles. The Morgan fingerprint density at radius 2 is 1.66 bits per heavy atom. The van der Waals surface area contributed by atoms with Crippen LogP contribution >= 0.6 is 12.6 Å². The molecule has 9 nitrogen and oxygen atoms in total. The summed E-state index contributed by atoms with van der Waals surface area (Å²) >= 11 is 4.32. The minimum atomic E-state index is -1.03. The maximum atomic E-state index is 14.0. The minimum absolute atomic E-state index is 0.00168. The van der Waals surface area contributed by atoms with E-state index in [9.17, 15) is 19.2 Å². The van der Waals surface area contributed by atoms with Crippen LogP contribution in [0.2, 0.25) is 0 Å². The second kappa shape index (κ2) is 19.0. The molecule has 0 fully saturated rings. The van der Waals surface area contributed by atoms with E-state index in [2.05, 4.69) is 36.1 Å². The van der Waals surface area contributed by atoms with Crippen LogP contribution in [0.1, 0.15) is 96.7 Å². The Hall–Kier alpha value is -3.19. The Bertz CT molecular complexity index is 1020. The molecule has 228 valence electrons. The molecule has 1 aromatic carbocycles. The summed E-state index contributed by atoms with van der Waals surface area (Å²) in [5.41, 5.74) is 0.419. The van der Waals surface area contributed by atoms with E-state index >= 15 is 0 Å². The number of alkyl carbamates (subject to hydrolysis) is 1. The topological polar surface area (TPSA) is 114 Å². The molecule has 0 bridgehead atoms. The highest BCUT2D eigenvalue weighted by molar-refractivity contribution is 7.80. The zero-order valence-corrected chi connectivity index (χ0v) is 26.1. The van der Waals surface area contributed by atoms with Gasteiger partial charge in [-0.3, -0.25) is 14.4 Å². The number of carbonyl (C=O) groups is 4. The molecule has 0 aliphatic heterocycles. The van der Waals surface area contributed by atoms with Crippen molar-refractivity contribution in [2.45, 2.75) is 97.2 Å². The third-order valence-electron chi connectivity index (χ3n) is 6.09. The molecule has 0 aliphatic rings. The molecule has 41 heavy (non-hydrogen) atoms. The fourth-order valence-electron chi connectivity index (χ4n) is 4.12. The SMILES string of the molecule is C#Cc1ccc(C(C(=O)NCCC(=O)OCC)N(CCCCCCCC)C(=O)C(CS)NC(=O)OC(C)(C)C)cc1. The van der Waals surface area contributed by atoms with Gasteiger partial charge in [-0.15, -0.1) is 6.42 Å². The van der Waals surface area contributed by atoms with Gasteiger partial charge in [-0.1, -0.05) is 57.1 Å². The van der Waals surface area contributed by atoms with Crippen LogP contribution in [0.3, 0.4) is 0 Å². The van der Waals surface area contributed by atoms with Crippen molar-refractivity contribution in [1.29, 1.82) is 0 Å². The summed E-state index contributed by atoms with van der Waals surface area (Å²) in [5.74, 6) is 1.19. The Morgan fingerprint density at radius 3 is 2.22 bits per heavy atom.